The molecule has 2 fully saturated rings. The number of hydrogen-bond acceptors (Lipinski definition) is 3. The zero-order valence-corrected chi connectivity index (χ0v) is 10.4. The lowest BCUT2D eigenvalue weighted by molar-refractivity contribution is 0.0160. The third kappa shape index (κ3) is 2.05. The van der Waals surface area contributed by atoms with Gasteiger partial charge in [0.05, 0.1) is 5.56 Å². The third-order valence-corrected chi connectivity index (χ3v) is 3.89. The second-order valence-electron chi connectivity index (χ2n) is 5.36. The standard InChI is InChI=1S/C15H16O3/c1-10(16)11-2-4-12(5-3-11)14(17)18-15(8-9-15)13-6-7-13/h2-5,13H,6-9H2,1H3. The van der Waals surface area contributed by atoms with Crippen molar-refractivity contribution in [2.24, 2.45) is 5.92 Å². The highest BCUT2D eigenvalue weighted by Crippen LogP contribution is 2.56. The molecule has 0 heterocycles. The summed E-state index contributed by atoms with van der Waals surface area (Å²) >= 11 is 0. The van der Waals surface area contributed by atoms with Crippen LogP contribution in [0.25, 0.3) is 0 Å². The van der Waals surface area contributed by atoms with Crippen LogP contribution in [0.3, 0.4) is 0 Å². The van der Waals surface area contributed by atoms with Gasteiger partial charge in [-0.2, -0.15) is 0 Å². The van der Waals surface area contributed by atoms with Gasteiger partial charge in [-0.25, -0.2) is 4.79 Å². The third-order valence-electron chi connectivity index (χ3n) is 3.89. The first-order chi connectivity index (χ1) is 8.61. The fourth-order valence-corrected chi connectivity index (χ4v) is 2.41. The Morgan fingerprint density at radius 3 is 2.11 bits per heavy atom. The molecule has 18 heavy (non-hydrogen) atoms. The number of benzene rings is 1. The highest BCUT2D eigenvalue weighted by molar-refractivity contribution is 5.96. The van der Waals surface area contributed by atoms with Gasteiger partial charge in [0.25, 0.3) is 0 Å². The highest BCUT2D eigenvalue weighted by Gasteiger charge is 2.57. The second-order valence-corrected chi connectivity index (χ2v) is 5.36. The van der Waals surface area contributed by atoms with Crippen molar-refractivity contribution in [3.8, 4) is 0 Å². The molecule has 0 atom stereocenters. The fourth-order valence-electron chi connectivity index (χ4n) is 2.41. The number of carbonyl (C=O) groups excluding carboxylic acids is 2. The van der Waals surface area contributed by atoms with E-state index >= 15 is 0 Å². The Kier molecular flexibility index (Phi) is 2.51. The van der Waals surface area contributed by atoms with Crippen molar-refractivity contribution in [2.75, 3.05) is 0 Å². The number of rotatable bonds is 4. The molecule has 1 aromatic carbocycles. The molecule has 2 saturated carbocycles. The predicted molar refractivity (Wildman–Crippen MR) is 66.6 cm³/mol. The Bertz CT molecular complexity index is 493. The van der Waals surface area contributed by atoms with E-state index in [4.69, 9.17) is 4.74 Å². The molecule has 1 aromatic rings. The van der Waals surface area contributed by atoms with Crippen molar-refractivity contribution in [3.63, 3.8) is 0 Å². The maximum Gasteiger partial charge on any atom is 0.338 e. The van der Waals surface area contributed by atoms with Crippen LogP contribution in [0.5, 0.6) is 0 Å². The maximum absolute atomic E-state index is 12.0. The van der Waals surface area contributed by atoms with Crippen LogP contribution in [0.4, 0.5) is 0 Å². The lowest BCUT2D eigenvalue weighted by Crippen LogP contribution is -2.21. The first-order valence-corrected chi connectivity index (χ1v) is 6.45. The van der Waals surface area contributed by atoms with Crippen molar-refractivity contribution in [2.45, 2.75) is 38.2 Å². The molecular formula is C15H16O3. The molecule has 0 radical (unpaired) electrons. The quantitative estimate of drug-likeness (QED) is 0.604. The summed E-state index contributed by atoms with van der Waals surface area (Å²) in [5.41, 5.74) is 1.01. The predicted octanol–water partition coefficient (Wildman–Crippen LogP) is 2.99. The van der Waals surface area contributed by atoms with E-state index in [9.17, 15) is 9.59 Å². The summed E-state index contributed by atoms with van der Waals surface area (Å²) in [5, 5.41) is 0. The largest absolute Gasteiger partial charge is 0.455 e. The minimum atomic E-state index is -0.255. The Morgan fingerprint density at radius 1 is 1.11 bits per heavy atom. The molecule has 0 saturated heterocycles. The minimum absolute atomic E-state index is 0.00607. The molecule has 0 unspecified atom stereocenters. The lowest BCUT2D eigenvalue weighted by Gasteiger charge is -2.15. The van der Waals surface area contributed by atoms with E-state index in [1.54, 1.807) is 24.3 Å². The Balaban J connectivity index is 1.70. The fraction of sp³-hybridized carbons (Fsp3) is 0.467. The number of ketones is 1. The molecule has 0 N–H and O–H groups in total. The van der Waals surface area contributed by atoms with Gasteiger partial charge in [0.2, 0.25) is 0 Å². The van der Waals surface area contributed by atoms with Crippen LogP contribution >= 0.6 is 0 Å². The molecule has 0 aromatic heterocycles. The molecule has 0 bridgehead atoms. The monoisotopic (exact) mass is 244 g/mol. The molecule has 3 nitrogen and oxygen atoms in total. The molecular weight excluding hydrogens is 228 g/mol. The first-order valence-electron chi connectivity index (χ1n) is 6.45. The molecule has 2 aliphatic carbocycles. The van der Waals surface area contributed by atoms with Gasteiger partial charge in [0, 0.05) is 5.56 Å². The van der Waals surface area contributed by atoms with Gasteiger partial charge in [-0.3, -0.25) is 4.79 Å². The van der Waals surface area contributed by atoms with E-state index in [1.807, 2.05) is 0 Å². The summed E-state index contributed by atoms with van der Waals surface area (Å²) < 4.78 is 5.64. The molecule has 2 aliphatic rings. The zero-order valence-electron chi connectivity index (χ0n) is 10.4. The highest BCUT2D eigenvalue weighted by atomic mass is 16.6. The summed E-state index contributed by atoms with van der Waals surface area (Å²) in [5.74, 6) is 0.346. The van der Waals surface area contributed by atoms with Crippen LogP contribution in [0.1, 0.15) is 53.3 Å². The van der Waals surface area contributed by atoms with E-state index in [1.165, 1.54) is 19.8 Å². The number of hydrogen-bond donors (Lipinski definition) is 0. The van der Waals surface area contributed by atoms with Crippen LogP contribution < -0.4 is 0 Å². The Hall–Kier alpha value is -1.64. The summed E-state index contributed by atoms with van der Waals surface area (Å²) in [6, 6.07) is 6.69. The van der Waals surface area contributed by atoms with Gasteiger partial charge >= 0.3 is 5.97 Å². The molecule has 3 heteroatoms. The number of ether oxygens (including phenoxy) is 1. The summed E-state index contributed by atoms with van der Waals surface area (Å²) in [6.07, 6.45) is 4.40. The number of carbonyl (C=O) groups is 2. The van der Waals surface area contributed by atoms with Gasteiger partial charge in [-0.1, -0.05) is 12.1 Å². The van der Waals surface area contributed by atoms with Gasteiger partial charge in [-0.05, 0) is 50.7 Å². The zero-order chi connectivity index (χ0) is 12.8. The number of esters is 1. The van der Waals surface area contributed by atoms with Gasteiger partial charge in [0.15, 0.2) is 5.78 Å². The van der Waals surface area contributed by atoms with Crippen molar-refractivity contribution in [1.82, 2.24) is 0 Å². The normalized spacial score (nSPS) is 20.3. The smallest absolute Gasteiger partial charge is 0.338 e. The summed E-state index contributed by atoms with van der Waals surface area (Å²) in [7, 11) is 0. The van der Waals surface area contributed by atoms with Crippen molar-refractivity contribution in [1.29, 1.82) is 0 Å². The van der Waals surface area contributed by atoms with Gasteiger partial charge in [-0.15, -0.1) is 0 Å². The van der Waals surface area contributed by atoms with Crippen LogP contribution in [0, 0.1) is 5.92 Å². The Labute approximate surface area is 106 Å². The van der Waals surface area contributed by atoms with E-state index in [2.05, 4.69) is 0 Å². The summed E-state index contributed by atoms with van der Waals surface area (Å²) in [4.78, 5) is 23.2. The molecule has 3 rings (SSSR count). The van der Waals surface area contributed by atoms with Crippen molar-refractivity contribution >= 4 is 11.8 Å². The van der Waals surface area contributed by atoms with Crippen LogP contribution in [-0.2, 0) is 4.74 Å². The van der Waals surface area contributed by atoms with Gasteiger partial charge in [0.1, 0.15) is 5.60 Å². The maximum atomic E-state index is 12.0. The molecule has 0 aliphatic heterocycles. The van der Waals surface area contributed by atoms with Crippen LogP contribution in [-0.4, -0.2) is 17.4 Å². The van der Waals surface area contributed by atoms with Crippen LogP contribution in [0.2, 0.25) is 0 Å². The molecule has 94 valence electrons. The second kappa shape index (κ2) is 3.94. The average Bonchev–Trinajstić information content (AvgIpc) is 3.22. The van der Waals surface area contributed by atoms with E-state index < -0.39 is 0 Å². The minimum Gasteiger partial charge on any atom is -0.455 e. The van der Waals surface area contributed by atoms with E-state index in [-0.39, 0.29) is 17.4 Å². The van der Waals surface area contributed by atoms with Crippen molar-refractivity contribution < 1.29 is 14.3 Å². The van der Waals surface area contributed by atoms with Crippen molar-refractivity contribution in [3.05, 3.63) is 35.4 Å². The van der Waals surface area contributed by atoms with E-state index in [0.717, 1.165) is 12.8 Å². The van der Waals surface area contributed by atoms with Gasteiger partial charge < -0.3 is 4.74 Å². The first kappa shape index (κ1) is 11.5. The van der Waals surface area contributed by atoms with E-state index in [0.29, 0.717) is 17.0 Å². The molecule has 0 amide bonds. The molecule has 0 spiro atoms. The summed E-state index contributed by atoms with van der Waals surface area (Å²) in [6.45, 7) is 1.51. The SMILES string of the molecule is CC(=O)c1ccc(C(=O)OC2(C3CC3)CC2)cc1. The van der Waals surface area contributed by atoms with Crippen LogP contribution in [0.15, 0.2) is 24.3 Å². The average molecular weight is 244 g/mol. The lowest BCUT2D eigenvalue weighted by atomic mass is 10.1. The topological polar surface area (TPSA) is 43.4 Å². The number of Topliss-reactive ketones (excluding diaryl/α,β-unsaturated/α-hetero) is 1. The Morgan fingerprint density at radius 2 is 1.67 bits per heavy atom.